The maximum absolute atomic E-state index is 12.1. The van der Waals surface area contributed by atoms with E-state index in [2.05, 4.69) is 37.6 Å². The van der Waals surface area contributed by atoms with Crippen molar-refractivity contribution < 1.29 is 19.4 Å². The van der Waals surface area contributed by atoms with Crippen molar-refractivity contribution in [3.8, 4) is 5.75 Å². The molecule has 0 atom stereocenters. The van der Waals surface area contributed by atoms with Gasteiger partial charge in [0.25, 0.3) is 5.91 Å². The summed E-state index contributed by atoms with van der Waals surface area (Å²) in [6, 6.07) is 4.74. The van der Waals surface area contributed by atoms with E-state index >= 15 is 0 Å². The second kappa shape index (κ2) is 6.85. The molecule has 1 heterocycles. The zero-order chi connectivity index (χ0) is 15.4. The molecule has 1 aromatic carbocycles. The van der Waals surface area contributed by atoms with E-state index in [-0.39, 0.29) is 17.7 Å². The summed E-state index contributed by atoms with van der Waals surface area (Å²) in [5.41, 5.74) is 0.695. The molecule has 2 rings (SSSR count). The van der Waals surface area contributed by atoms with E-state index in [1.807, 2.05) is 0 Å². The summed E-state index contributed by atoms with van der Waals surface area (Å²) in [4.78, 5) is 27.3. The molecule has 8 heteroatoms. The lowest BCUT2D eigenvalue weighted by Crippen LogP contribution is -2.12. The molecule has 2 aromatic rings. The monoisotopic (exact) mass is 418 g/mol. The number of phenols is 1. The van der Waals surface area contributed by atoms with Crippen molar-refractivity contribution in [2.24, 2.45) is 0 Å². The average Bonchev–Trinajstić information content (AvgIpc) is 2.88. The standard InChI is InChI=1S/C13H11IN2O4S/c1-20-11(18)5-8-6-21-13(15-8)16-12(19)9-4-7(14)2-3-10(9)17/h2-4,6,17H,5H2,1H3,(H,15,16,19). The first-order valence-corrected chi connectivity index (χ1v) is 7.76. The van der Waals surface area contributed by atoms with Crippen LogP contribution in [0.4, 0.5) is 5.13 Å². The van der Waals surface area contributed by atoms with Crippen molar-refractivity contribution in [2.75, 3.05) is 12.4 Å². The summed E-state index contributed by atoms with van der Waals surface area (Å²) >= 11 is 3.25. The van der Waals surface area contributed by atoms with E-state index in [0.717, 1.165) is 3.57 Å². The first kappa shape index (κ1) is 15.7. The number of nitrogens with one attached hydrogen (secondary N) is 1. The number of rotatable bonds is 4. The molecule has 21 heavy (non-hydrogen) atoms. The zero-order valence-corrected chi connectivity index (χ0v) is 13.9. The van der Waals surface area contributed by atoms with Gasteiger partial charge in [0.05, 0.1) is 24.8 Å². The first-order valence-electron chi connectivity index (χ1n) is 5.80. The molecule has 110 valence electrons. The number of halogens is 1. The Morgan fingerprint density at radius 1 is 1.48 bits per heavy atom. The summed E-state index contributed by atoms with van der Waals surface area (Å²) in [6.45, 7) is 0. The maximum Gasteiger partial charge on any atom is 0.311 e. The smallest absolute Gasteiger partial charge is 0.311 e. The van der Waals surface area contributed by atoms with Crippen LogP contribution in [0.2, 0.25) is 0 Å². The van der Waals surface area contributed by atoms with Crippen LogP contribution in [0, 0.1) is 3.57 Å². The highest BCUT2D eigenvalue weighted by molar-refractivity contribution is 14.1. The number of anilines is 1. The van der Waals surface area contributed by atoms with E-state index in [4.69, 9.17) is 0 Å². The molecular formula is C13H11IN2O4S. The van der Waals surface area contributed by atoms with Crippen LogP contribution in [0.5, 0.6) is 5.75 Å². The number of nitrogens with zero attached hydrogens (tertiary/aromatic N) is 1. The van der Waals surface area contributed by atoms with Crippen molar-refractivity contribution in [2.45, 2.75) is 6.42 Å². The number of methoxy groups -OCH3 is 1. The fraction of sp³-hybridized carbons (Fsp3) is 0.154. The Morgan fingerprint density at radius 3 is 2.95 bits per heavy atom. The lowest BCUT2D eigenvalue weighted by molar-refractivity contribution is -0.139. The molecule has 0 saturated carbocycles. The molecule has 2 N–H and O–H groups in total. The van der Waals surface area contributed by atoms with Crippen molar-refractivity contribution in [3.63, 3.8) is 0 Å². The van der Waals surface area contributed by atoms with E-state index in [1.165, 1.54) is 24.5 Å². The van der Waals surface area contributed by atoms with Gasteiger partial charge in [-0.1, -0.05) is 0 Å². The Balaban J connectivity index is 2.09. The van der Waals surface area contributed by atoms with Gasteiger partial charge in [-0.2, -0.15) is 0 Å². The number of esters is 1. The molecule has 1 amide bonds. The minimum Gasteiger partial charge on any atom is -0.507 e. The molecule has 0 radical (unpaired) electrons. The van der Waals surface area contributed by atoms with E-state index in [9.17, 15) is 14.7 Å². The van der Waals surface area contributed by atoms with Gasteiger partial charge in [-0.3, -0.25) is 14.9 Å². The number of amides is 1. The minimum atomic E-state index is -0.454. The molecule has 0 aliphatic heterocycles. The minimum absolute atomic E-state index is 0.0529. The number of aromatic nitrogens is 1. The number of carbonyl (C=O) groups is 2. The zero-order valence-electron chi connectivity index (χ0n) is 10.9. The van der Waals surface area contributed by atoms with E-state index in [1.54, 1.807) is 17.5 Å². The van der Waals surface area contributed by atoms with E-state index < -0.39 is 11.9 Å². The molecule has 0 aliphatic rings. The highest BCUT2D eigenvalue weighted by Crippen LogP contribution is 2.22. The van der Waals surface area contributed by atoms with Crippen molar-refractivity contribution in [3.05, 3.63) is 38.4 Å². The van der Waals surface area contributed by atoms with Crippen LogP contribution in [0.1, 0.15) is 16.1 Å². The molecule has 0 spiro atoms. The van der Waals surface area contributed by atoms with Crippen LogP contribution < -0.4 is 5.32 Å². The van der Waals surface area contributed by atoms with Gasteiger partial charge in [-0.25, -0.2) is 4.98 Å². The molecule has 0 aliphatic carbocycles. The number of aromatic hydroxyl groups is 1. The lowest BCUT2D eigenvalue weighted by Gasteiger charge is -2.04. The predicted molar refractivity (Wildman–Crippen MR) is 86.6 cm³/mol. The van der Waals surface area contributed by atoms with Gasteiger partial charge >= 0.3 is 5.97 Å². The summed E-state index contributed by atoms with van der Waals surface area (Å²) < 4.78 is 5.38. The number of hydrogen-bond donors (Lipinski definition) is 2. The summed E-state index contributed by atoms with van der Waals surface area (Å²) in [5, 5.41) is 14.3. The van der Waals surface area contributed by atoms with Crippen LogP contribution in [0.3, 0.4) is 0 Å². The molecule has 6 nitrogen and oxygen atoms in total. The Labute approximate surface area is 138 Å². The third-order valence-electron chi connectivity index (χ3n) is 2.53. The normalized spacial score (nSPS) is 10.2. The topological polar surface area (TPSA) is 88.5 Å². The molecule has 0 saturated heterocycles. The first-order chi connectivity index (χ1) is 9.99. The number of benzene rings is 1. The van der Waals surface area contributed by atoms with Gasteiger partial charge in [-0.15, -0.1) is 11.3 Å². The predicted octanol–water partition coefficient (Wildman–Crippen LogP) is 2.42. The number of ether oxygens (including phenoxy) is 1. The maximum atomic E-state index is 12.1. The molecular weight excluding hydrogens is 407 g/mol. The Morgan fingerprint density at radius 2 is 2.24 bits per heavy atom. The molecule has 0 unspecified atom stereocenters. The van der Waals surface area contributed by atoms with Crippen LogP contribution in [-0.4, -0.2) is 29.1 Å². The Bertz CT molecular complexity index is 687. The highest BCUT2D eigenvalue weighted by atomic mass is 127. The molecule has 1 aromatic heterocycles. The van der Waals surface area contributed by atoms with Crippen molar-refractivity contribution >= 4 is 50.9 Å². The van der Waals surface area contributed by atoms with Crippen LogP contribution in [0.15, 0.2) is 23.6 Å². The van der Waals surface area contributed by atoms with Gasteiger partial charge in [0.2, 0.25) is 0 Å². The number of phenolic OH excluding ortho intramolecular Hbond substituents is 1. The molecule has 0 fully saturated rings. The Kier molecular flexibility index (Phi) is 5.12. The molecule has 0 bridgehead atoms. The summed E-state index contributed by atoms with van der Waals surface area (Å²) in [7, 11) is 1.30. The van der Waals surface area contributed by atoms with E-state index in [0.29, 0.717) is 10.8 Å². The van der Waals surface area contributed by atoms with Crippen molar-refractivity contribution in [1.82, 2.24) is 4.98 Å². The van der Waals surface area contributed by atoms with Crippen LogP contribution in [0.25, 0.3) is 0 Å². The third kappa shape index (κ3) is 4.14. The highest BCUT2D eigenvalue weighted by Gasteiger charge is 2.14. The Hall–Kier alpha value is -1.68. The van der Waals surface area contributed by atoms with Crippen LogP contribution >= 0.6 is 33.9 Å². The summed E-state index contributed by atoms with van der Waals surface area (Å²) in [6.07, 6.45) is 0.0529. The quantitative estimate of drug-likeness (QED) is 0.588. The van der Waals surface area contributed by atoms with Gasteiger partial charge in [-0.05, 0) is 40.8 Å². The lowest BCUT2D eigenvalue weighted by atomic mass is 10.2. The van der Waals surface area contributed by atoms with Gasteiger partial charge < -0.3 is 9.84 Å². The fourth-order valence-electron chi connectivity index (χ4n) is 1.52. The summed E-state index contributed by atoms with van der Waals surface area (Å²) in [5.74, 6) is -0.947. The van der Waals surface area contributed by atoms with Gasteiger partial charge in [0.15, 0.2) is 5.13 Å². The number of thiazole rings is 1. The van der Waals surface area contributed by atoms with Crippen molar-refractivity contribution in [1.29, 1.82) is 0 Å². The number of carbonyl (C=O) groups excluding carboxylic acids is 2. The van der Waals surface area contributed by atoms with Gasteiger partial charge in [0.1, 0.15) is 5.75 Å². The largest absolute Gasteiger partial charge is 0.507 e. The average molecular weight is 418 g/mol. The van der Waals surface area contributed by atoms with Crippen LogP contribution in [-0.2, 0) is 16.0 Å². The second-order valence-electron chi connectivity index (χ2n) is 4.01. The number of hydrogen-bond acceptors (Lipinski definition) is 6. The third-order valence-corrected chi connectivity index (χ3v) is 4.01. The van der Waals surface area contributed by atoms with Gasteiger partial charge in [0, 0.05) is 8.95 Å². The fourth-order valence-corrected chi connectivity index (χ4v) is 2.72. The second-order valence-corrected chi connectivity index (χ2v) is 6.12. The SMILES string of the molecule is COC(=O)Cc1csc(NC(=O)c2cc(I)ccc2O)n1.